The van der Waals surface area contributed by atoms with Crippen LogP contribution in [0.5, 0.6) is 11.5 Å². The topological polar surface area (TPSA) is 125 Å². The van der Waals surface area contributed by atoms with Gasteiger partial charge in [0, 0.05) is 36.6 Å². The number of aliphatic hydroxyl groups is 1. The zero-order chi connectivity index (χ0) is 28.1. The lowest BCUT2D eigenvalue weighted by Gasteiger charge is -2.45. The van der Waals surface area contributed by atoms with Crippen molar-refractivity contribution in [2.45, 2.75) is 30.6 Å². The fourth-order valence-electron chi connectivity index (χ4n) is 4.81. The van der Waals surface area contributed by atoms with E-state index in [0.29, 0.717) is 29.4 Å². The van der Waals surface area contributed by atoms with Gasteiger partial charge in [-0.15, -0.1) is 0 Å². The SMILES string of the molecule is COc1cccc(NC(=O)N(C(=O)Nc2cccc(OC)c2)[C@H]2[C@H](O)[C@@H](N(C)CCN(C)C)[C@@H]3OC[C@H]2O3)c1. The molecule has 3 N–H and O–H groups in total. The molecule has 2 fully saturated rings. The first kappa shape index (κ1) is 28.6. The van der Waals surface area contributed by atoms with Crippen LogP contribution in [-0.4, -0.2) is 118 Å². The number of ether oxygens (including phenoxy) is 4. The van der Waals surface area contributed by atoms with Crippen molar-refractivity contribution in [1.29, 1.82) is 0 Å². The van der Waals surface area contributed by atoms with Gasteiger partial charge in [-0.2, -0.15) is 0 Å². The molecule has 12 heteroatoms. The number of benzene rings is 2. The van der Waals surface area contributed by atoms with E-state index in [1.54, 1.807) is 48.5 Å². The van der Waals surface area contributed by atoms with Crippen molar-refractivity contribution < 1.29 is 33.6 Å². The molecule has 0 aliphatic carbocycles. The molecule has 39 heavy (non-hydrogen) atoms. The number of rotatable bonds is 9. The van der Waals surface area contributed by atoms with Crippen LogP contribution < -0.4 is 20.1 Å². The van der Waals surface area contributed by atoms with Gasteiger partial charge in [-0.1, -0.05) is 12.1 Å². The molecule has 2 heterocycles. The molecule has 0 radical (unpaired) electrons. The molecule has 2 saturated heterocycles. The number of imide groups is 1. The number of carbonyl (C=O) groups is 2. The molecular weight excluding hydrogens is 506 g/mol. The summed E-state index contributed by atoms with van der Waals surface area (Å²) in [5.74, 6) is 1.08. The molecule has 0 spiro atoms. The van der Waals surface area contributed by atoms with E-state index >= 15 is 0 Å². The maximum atomic E-state index is 13.7. The number of methoxy groups -OCH3 is 2. The minimum Gasteiger partial charge on any atom is -0.497 e. The Morgan fingerprint density at radius 2 is 1.49 bits per heavy atom. The summed E-state index contributed by atoms with van der Waals surface area (Å²) in [4.78, 5) is 32.4. The first-order chi connectivity index (χ1) is 18.7. The van der Waals surface area contributed by atoms with Gasteiger partial charge < -0.3 is 39.6 Å². The van der Waals surface area contributed by atoms with Crippen LogP contribution in [0.3, 0.4) is 0 Å². The molecule has 2 aromatic carbocycles. The third kappa shape index (κ3) is 6.60. The van der Waals surface area contributed by atoms with Crippen molar-refractivity contribution in [3.8, 4) is 11.5 Å². The minimum atomic E-state index is -1.14. The molecule has 0 unspecified atom stereocenters. The van der Waals surface area contributed by atoms with E-state index in [1.165, 1.54) is 14.2 Å². The third-order valence-electron chi connectivity index (χ3n) is 6.88. The largest absolute Gasteiger partial charge is 0.497 e. The van der Waals surface area contributed by atoms with Gasteiger partial charge in [0.2, 0.25) is 0 Å². The van der Waals surface area contributed by atoms with Gasteiger partial charge in [0.05, 0.1) is 39.0 Å². The van der Waals surface area contributed by atoms with Gasteiger partial charge in [-0.3, -0.25) is 4.90 Å². The lowest BCUT2D eigenvalue weighted by atomic mass is 9.94. The van der Waals surface area contributed by atoms with Crippen LogP contribution in [0.1, 0.15) is 0 Å². The molecule has 5 atom stereocenters. The zero-order valence-corrected chi connectivity index (χ0v) is 22.9. The molecule has 4 amide bonds. The number of hydrogen-bond acceptors (Lipinski definition) is 9. The number of anilines is 2. The highest BCUT2D eigenvalue weighted by atomic mass is 16.7. The minimum absolute atomic E-state index is 0.125. The Balaban J connectivity index is 1.65. The van der Waals surface area contributed by atoms with E-state index < -0.39 is 42.6 Å². The van der Waals surface area contributed by atoms with Crippen molar-refractivity contribution in [3.05, 3.63) is 48.5 Å². The Kier molecular flexibility index (Phi) is 9.25. The summed E-state index contributed by atoms with van der Waals surface area (Å²) in [7, 11) is 8.82. The Morgan fingerprint density at radius 3 is 2.00 bits per heavy atom. The van der Waals surface area contributed by atoms with E-state index in [0.717, 1.165) is 11.4 Å². The molecule has 12 nitrogen and oxygen atoms in total. The summed E-state index contributed by atoms with van der Waals surface area (Å²) in [5, 5.41) is 17.2. The first-order valence-corrected chi connectivity index (χ1v) is 12.7. The number of hydrogen-bond donors (Lipinski definition) is 3. The zero-order valence-electron chi connectivity index (χ0n) is 22.9. The number of aliphatic hydroxyl groups excluding tert-OH is 1. The number of nitrogens with one attached hydrogen (secondary N) is 2. The average molecular weight is 544 g/mol. The van der Waals surface area contributed by atoms with Crippen LogP contribution in [0.25, 0.3) is 0 Å². The first-order valence-electron chi connectivity index (χ1n) is 12.7. The molecule has 0 aromatic heterocycles. The summed E-state index contributed by atoms with van der Waals surface area (Å²) in [5.41, 5.74) is 0.842. The second kappa shape index (κ2) is 12.6. The third-order valence-corrected chi connectivity index (χ3v) is 6.88. The van der Waals surface area contributed by atoms with Gasteiger partial charge in [0.25, 0.3) is 0 Å². The smallest absolute Gasteiger partial charge is 0.330 e. The summed E-state index contributed by atoms with van der Waals surface area (Å²) >= 11 is 0. The van der Waals surface area contributed by atoms with Crippen molar-refractivity contribution in [1.82, 2.24) is 14.7 Å². The Morgan fingerprint density at radius 1 is 0.923 bits per heavy atom. The lowest BCUT2D eigenvalue weighted by molar-refractivity contribution is -0.186. The monoisotopic (exact) mass is 543 g/mol. The van der Waals surface area contributed by atoms with Crippen LogP contribution in [0.4, 0.5) is 21.0 Å². The highest BCUT2D eigenvalue weighted by Crippen LogP contribution is 2.34. The molecule has 0 saturated carbocycles. The van der Waals surface area contributed by atoms with Gasteiger partial charge in [-0.25, -0.2) is 14.5 Å². The van der Waals surface area contributed by atoms with E-state index in [9.17, 15) is 14.7 Å². The van der Waals surface area contributed by atoms with E-state index in [4.69, 9.17) is 18.9 Å². The fraction of sp³-hybridized carbons (Fsp3) is 0.481. The van der Waals surface area contributed by atoms with Crippen LogP contribution in [0.15, 0.2) is 48.5 Å². The highest BCUT2D eigenvalue weighted by Gasteiger charge is 2.55. The summed E-state index contributed by atoms with van der Waals surface area (Å²) in [6.07, 6.45) is -2.54. The number of amides is 4. The molecule has 2 aliphatic heterocycles. The van der Waals surface area contributed by atoms with Gasteiger partial charge in [0.15, 0.2) is 6.29 Å². The van der Waals surface area contributed by atoms with E-state index in [-0.39, 0.29) is 6.61 Å². The van der Waals surface area contributed by atoms with Gasteiger partial charge in [-0.05, 0) is 45.4 Å². The van der Waals surface area contributed by atoms with Crippen LogP contribution >= 0.6 is 0 Å². The highest BCUT2D eigenvalue weighted by molar-refractivity contribution is 6.05. The number of fused-ring (bicyclic) bond motifs is 2. The van der Waals surface area contributed by atoms with E-state index in [1.807, 2.05) is 30.9 Å². The van der Waals surface area contributed by atoms with Crippen LogP contribution in [0, 0.1) is 0 Å². The normalized spacial score (nSPS) is 23.9. The van der Waals surface area contributed by atoms with Crippen LogP contribution in [0.2, 0.25) is 0 Å². The Labute approximate surface area is 228 Å². The summed E-state index contributed by atoms with van der Waals surface area (Å²) in [6.45, 7) is 1.47. The summed E-state index contributed by atoms with van der Waals surface area (Å²) in [6, 6.07) is 10.4. The molecule has 2 bridgehead atoms. The second-order valence-corrected chi connectivity index (χ2v) is 9.83. The summed E-state index contributed by atoms with van der Waals surface area (Å²) < 4.78 is 22.5. The quantitative estimate of drug-likeness (QED) is 0.436. The number of carbonyl (C=O) groups excluding carboxylic acids is 2. The van der Waals surface area contributed by atoms with E-state index in [2.05, 4.69) is 10.6 Å². The van der Waals surface area contributed by atoms with Gasteiger partial charge in [0.1, 0.15) is 17.6 Å². The predicted molar refractivity (Wildman–Crippen MR) is 145 cm³/mol. The second-order valence-electron chi connectivity index (χ2n) is 9.83. The maximum absolute atomic E-state index is 13.7. The van der Waals surface area contributed by atoms with Crippen molar-refractivity contribution in [2.75, 3.05) is 65.7 Å². The molecule has 2 aliphatic rings. The fourth-order valence-corrected chi connectivity index (χ4v) is 4.81. The number of nitrogens with zero attached hydrogens (tertiary/aromatic N) is 3. The Hall–Kier alpha value is -3.42. The van der Waals surface area contributed by atoms with Crippen molar-refractivity contribution in [2.24, 2.45) is 0 Å². The Bertz CT molecular complexity index is 1090. The number of urea groups is 2. The van der Waals surface area contributed by atoms with Gasteiger partial charge >= 0.3 is 12.1 Å². The molecular formula is C27H37N5O7. The lowest BCUT2D eigenvalue weighted by Crippen LogP contribution is -2.67. The molecule has 212 valence electrons. The molecule has 2 aromatic rings. The molecule has 4 rings (SSSR count). The maximum Gasteiger partial charge on any atom is 0.330 e. The number of likely N-dealkylation sites (N-methyl/N-ethyl adjacent to an activating group) is 2. The average Bonchev–Trinajstić information content (AvgIpc) is 3.34. The van der Waals surface area contributed by atoms with Crippen LogP contribution in [-0.2, 0) is 9.47 Å². The predicted octanol–water partition coefficient (Wildman–Crippen LogP) is 2.12. The van der Waals surface area contributed by atoms with Crippen molar-refractivity contribution in [3.63, 3.8) is 0 Å². The standard InChI is InChI=1S/C27H37N5O7/c1-30(2)12-13-31(3)23-24(33)22(21-16-38-25(23)39-21)32(26(34)28-17-8-6-10-19(14-17)36-4)27(35)29-18-9-7-11-20(15-18)37-5/h6-11,14-15,21-25,33H,12-13,16H2,1-5H3,(H,28,34)(H,29,35)/t21-,22-,23-,24+,25-/m1/s1. The van der Waals surface area contributed by atoms with Crippen molar-refractivity contribution >= 4 is 23.4 Å².